The number of aliphatic hydroxyl groups is 1. The van der Waals surface area contributed by atoms with Crippen LogP contribution in [0, 0.1) is 17.8 Å². The van der Waals surface area contributed by atoms with Crippen LogP contribution in [0.1, 0.15) is 33.6 Å². The number of hydrogen-bond acceptors (Lipinski definition) is 6. The van der Waals surface area contributed by atoms with Crippen LogP contribution in [0.5, 0.6) is 0 Å². The fraction of sp³-hybridized carbons (Fsp3) is 0.469. The number of hydrogen-bond donors (Lipinski definition) is 1. The fourth-order valence-corrected chi connectivity index (χ4v) is 7.28. The van der Waals surface area contributed by atoms with Crippen LogP contribution in [0.2, 0.25) is 0 Å². The summed E-state index contributed by atoms with van der Waals surface area (Å²) >= 11 is 0. The van der Waals surface area contributed by atoms with Crippen LogP contribution in [0.15, 0.2) is 66.8 Å². The Kier molecular flexibility index (Phi) is 6.58. The summed E-state index contributed by atoms with van der Waals surface area (Å²) < 4.78 is 12.4. The van der Waals surface area contributed by atoms with Crippen LogP contribution in [-0.4, -0.2) is 70.8 Å². The molecule has 2 amide bonds. The van der Waals surface area contributed by atoms with Crippen molar-refractivity contribution in [2.45, 2.75) is 56.9 Å². The van der Waals surface area contributed by atoms with Gasteiger partial charge in [0.15, 0.2) is 0 Å². The number of cyclic esters (lactones) is 1. The number of esters is 1. The van der Waals surface area contributed by atoms with Crippen LogP contribution in [-0.2, 0) is 23.9 Å². The van der Waals surface area contributed by atoms with E-state index in [-0.39, 0.29) is 37.5 Å². The maximum atomic E-state index is 14.7. The third-order valence-corrected chi connectivity index (χ3v) is 9.52. The second-order valence-electron chi connectivity index (χ2n) is 11.4. The van der Waals surface area contributed by atoms with E-state index in [4.69, 9.17) is 9.47 Å². The maximum Gasteiger partial charge on any atom is 0.313 e. The molecule has 4 aliphatic rings. The number of aliphatic hydroxyl groups excluding tert-OH is 1. The maximum absolute atomic E-state index is 14.7. The van der Waals surface area contributed by atoms with Gasteiger partial charge in [-0.2, -0.15) is 0 Å². The van der Waals surface area contributed by atoms with Gasteiger partial charge >= 0.3 is 5.97 Å². The number of rotatable bonds is 6. The molecular weight excluding hydrogens is 508 g/mol. The monoisotopic (exact) mass is 544 g/mol. The molecule has 4 heterocycles. The van der Waals surface area contributed by atoms with Crippen molar-refractivity contribution >= 4 is 34.2 Å². The summed E-state index contributed by atoms with van der Waals surface area (Å²) in [5, 5.41) is 12.6. The number of carbonyl (C=O) groups is 3. The van der Waals surface area contributed by atoms with Crippen LogP contribution in [0.25, 0.3) is 10.8 Å². The molecular formula is C32H36N2O6. The molecule has 2 fully saturated rings. The SMILES string of the molecule is CC[C@H](C)[C@H](CO)N1C(=O)[C@@H]2[C@@H]3C(=O)OCC=C[C@]3(CC)O[C@@]23C=CCN(c2ccc4ccccc4c2)C(=O)C13. The molecule has 1 spiro atoms. The predicted octanol–water partition coefficient (Wildman–Crippen LogP) is 3.62. The largest absolute Gasteiger partial charge is 0.461 e. The summed E-state index contributed by atoms with van der Waals surface area (Å²) in [7, 11) is 0. The van der Waals surface area contributed by atoms with E-state index in [1.807, 2.05) is 81.5 Å². The van der Waals surface area contributed by atoms with Crippen molar-refractivity contribution in [2.75, 3.05) is 24.7 Å². The van der Waals surface area contributed by atoms with Gasteiger partial charge in [0.2, 0.25) is 5.91 Å². The van der Waals surface area contributed by atoms with Crippen molar-refractivity contribution in [3.05, 3.63) is 66.8 Å². The van der Waals surface area contributed by atoms with E-state index in [1.54, 1.807) is 11.0 Å². The number of fused-ring (bicyclic) bond motifs is 3. The van der Waals surface area contributed by atoms with Gasteiger partial charge < -0.3 is 24.4 Å². The van der Waals surface area contributed by atoms with E-state index in [1.165, 1.54) is 4.90 Å². The van der Waals surface area contributed by atoms with Gasteiger partial charge in [0.1, 0.15) is 29.8 Å². The molecule has 8 nitrogen and oxygen atoms in total. The normalized spacial score (nSPS) is 32.8. The summed E-state index contributed by atoms with van der Waals surface area (Å²) in [6, 6.07) is 12.1. The minimum absolute atomic E-state index is 0.0871. The molecule has 0 radical (unpaired) electrons. The number of carbonyl (C=O) groups excluding carboxylic acids is 3. The molecule has 0 aliphatic carbocycles. The van der Waals surface area contributed by atoms with Gasteiger partial charge in [-0.25, -0.2) is 0 Å². The molecule has 4 aliphatic heterocycles. The Labute approximate surface area is 234 Å². The first-order chi connectivity index (χ1) is 19.3. The molecule has 0 bridgehead atoms. The summed E-state index contributed by atoms with van der Waals surface area (Å²) in [5.74, 6) is -3.09. The fourth-order valence-electron chi connectivity index (χ4n) is 7.28. The van der Waals surface area contributed by atoms with E-state index in [0.29, 0.717) is 18.5 Å². The lowest BCUT2D eigenvalue weighted by molar-refractivity contribution is -0.159. The second kappa shape index (κ2) is 9.85. The summed E-state index contributed by atoms with van der Waals surface area (Å²) in [6.07, 6.45) is 8.44. The number of amides is 2. The molecule has 40 heavy (non-hydrogen) atoms. The smallest absolute Gasteiger partial charge is 0.313 e. The average molecular weight is 545 g/mol. The summed E-state index contributed by atoms with van der Waals surface area (Å²) in [6.45, 7) is 5.97. The first kappa shape index (κ1) is 26.7. The molecule has 0 aromatic heterocycles. The lowest BCUT2D eigenvalue weighted by Gasteiger charge is -2.42. The summed E-state index contributed by atoms with van der Waals surface area (Å²) in [5.41, 5.74) is -1.75. The Balaban J connectivity index is 1.53. The average Bonchev–Trinajstić information content (AvgIpc) is 3.25. The number of anilines is 1. The number of nitrogens with zero attached hydrogens (tertiary/aromatic N) is 2. The Bertz CT molecular complexity index is 1420. The molecule has 6 rings (SSSR count). The van der Waals surface area contributed by atoms with Gasteiger partial charge in [-0.3, -0.25) is 14.4 Å². The topological polar surface area (TPSA) is 96.4 Å². The zero-order valence-electron chi connectivity index (χ0n) is 23.2. The molecule has 1 N–H and O–H groups in total. The minimum atomic E-state index is -1.39. The first-order valence-corrected chi connectivity index (χ1v) is 14.3. The van der Waals surface area contributed by atoms with Gasteiger partial charge in [0, 0.05) is 12.2 Å². The summed E-state index contributed by atoms with van der Waals surface area (Å²) in [4.78, 5) is 45.9. The van der Waals surface area contributed by atoms with E-state index < -0.39 is 41.1 Å². The zero-order chi connectivity index (χ0) is 28.2. The number of ether oxygens (including phenoxy) is 2. The lowest BCUT2D eigenvalue weighted by atomic mass is 9.73. The van der Waals surface area contributed by atoms with Crippen LogP contribution < -0.4 is 4.90 Å². The molecule has 0 saturated carbocycles. The highest BCUT2D eigenvalue weighted by Crippen LogP contribution is 2.59. The Morgan fingerprint density at radius 3 is 2.50 bits per heavy atom. The Hall–Kier alpha value is -3.49. The van der Waals surface area contributed by atoms with Crippen molar-refractivity contribution in [2.24, 2.45) is 17.8 Å². The van der Waals surface area contributed by atoms with Crippen LogP contribution >= 0.6 is 0 Å². The van der Waals surface area contributed by atoms with Crippen molar-refractivity contribution in [1.82, 2.24) is 4.90 Å². The Morgan fingerprint density at radius 1 is 1.00 bits per heavy atom. The van der Waals surface area contributed by atoms with Gasteiger partial charge in [0.25, 0.3) is 5.91 Å². The molecule has 7 atom stereocenters. The quantitative estimate of drug-likeness (QED) is 0.441. The van der Waals surface area contributed by atoms with Gasteiger partial charge in [0.05, 0.1) is 18.6 Å². The van der Waals surface area contributed by atoms with Gasteiger partial charge in [-0.05, 0) is 41.3 Å². The van der Waals surface area contributed by atoms with Crippen molar-refractivity contribution in [3.8, 4) is 0 Å². The van der Waals surface area contributed by atoms with Crippen LogP contribution in [0.4, 0.5) is 5.69 Å². The van der Waals surface area contributed by atoms with Crippen molar-refractivity contribution < 1.29 is 29.0 Å². The van der Waals surface area contributed by atoms with Gasteiger partial charge in [-0.1, -0.05) is 75.8 Å². The number of likely N-dealkylation sites (tertiary alicyclic amines) is 1. The molecule has 8 heteroatoms. The highest BCUT2D eigenvalue weighted by atomic mass is 16.6. The highest BCUT2D eigenvalue weighted by Gasteiger charge is 2.76. The van der Waals surface area contributed by atoms with Gasteiger partial charge in [-0.15, -0.1) is 0 Å². The van der Waals surface area contributed by atoms with Crippen LogP contribution in [0.3, 0.4) is 0 Å². The molecule has 2 saturated heterocycles. The van der Waals surface area contributed by atoms with Crippen molar-refractivity contribution in [1.29, 1.82) is 0 Å². The predicted molar refractivity (Wildman–Crippen MR) is 150 cm³/mol. The standard InChI is InChI=1S/C32H36N2O6/c1-4-20(3)24(19-35)34-27-29(37)33(23-13-12-21-10-6-7-11-22(21)18-23)16-8-15-32(27)25(28(34)36)26-30(38)39-17-9-14-31(26,5-2)40-32/h6-15,18,20,24-27,35H,4-5,16-17,19H2,1-3H3/t20-,24-,25-,26+,27?,31-,32-/m0/s1. The minimum Gasteiger partial charge on any atom is -0.461 e. The van der Waals surface area contributed by atoms with E-state index >= 15 is 0 Å². The van der Waals surface area contributed by atoms with Crippen molar-refractivity contribution in [3.63, 3.8) is 0 Å². The molecule has 2 aromatic rings. The third kappa shape index (κ3) is 3.69. The first-order valence-electron chi connectivity index (χ1n) is 14.3. The Morgan fingerprint density at radius 2 is 1.77 bits per heavy atom. The van der Waals surface area contributed by atoms with E-state index in [9.17, 15) is 19.5 Å². The lowest BCUT2D eigenvalue weighted by Crippen LogP contribution is -2.60. The highest BCUT2D eigenvalue weighted by molar-refractivity contribution is 6.06. The second-order valence-corrected chi connectivity index (χ2v) is 11.4. The van der Waals surface area contributed by atoms with E-state index in [0.717, 1.165) is 10.8 Å². The molecule has 210 valence electrons. The third-order valence-electron chi connectivity index (χ3n) is 9.52. The molecule has 1 unspecified atom stereocenters. The molecule has 2 aromatic carbocycles. The van der Waals surface area contributed by atoms with E-state index in [2.05, 4.69) is 0 Å². The number of benzene rings is 2. The zero-order valence-corrected chi connectivity index (χ0v) is 23.2.